The number of nitrogens with zero attached hydrogens (tertiary/aromatic N) is 2. The van der Waals surface area contributed by atoms with Crippen LogP contribution in [0.1, 0.15) is 39.0 Å². The molecule has 1 aromatic carbocycles. The molecule has 6 nitrogen and oxygen atoms in total. The minimum absolute atomic E-state index is 0.0510. The SMILES string of the molecule is CCN1CCN(S(=O)(=O)c2ccc(NC(=O)CC(C3CC3)C3CC3)cc2)CC1. The van der Waals surface area contributed by atoms with Gasteiger partial charge in [0, 0.05) is 38.3 Å². The molecule has 1 heterocycles. The summed E-state index contributed by atoms with van der Waals surface area (Å²) in [5.74, 6) is 2.09. The van der Waals surface area contributed by atoms with Crippen LogP contribution >= 0.6 is 0 Å². The average molecular weight is 406 g/mol. The number of piperazine rings is 1. The van der Waals surface area contributed by atoms with Crippen LogP contribution in [0.2, 0.25) is 0 Å². The summed E-state index contributed by atoms with van der Waals surface area (Å²) in [7, 11) is -3.47. The number of carbonyl (C=O) groups excluding carboxylic acids is 1. The number of hydrogen-bond donors (Lipinski definition) is 1. The summed E-state index contributed by atoms with van der Waals surface area (Å²) >= 11 is 0. The van der Waals surface area contributed by atoms with Crippen molar-refractivity contribution in [2.75, 3.05) is 38.0 Å². The van der Waals surface area contributed by atoms with Crippen molar-refractivity contribution in [2.24, 2.45) is 17.8 Å². The van der Waals surface area contributed by atoms with Gasteiger partial charge in [0.1, 0.15) is 0 Å². The molecule has 3 aliphatic rings. The van der Waals surface area contributed by atoms with Gasteiger partial charge in [-0.2, -0.15) is 4.31 Å². The second-order valence-electron chi connectivity index (χ2n) is 8.45. The molecule has 0 bridgehead atoms. The van der Waals surface area contributed by atoms with Crippen LogP contribution in [0.3, 0.4) is 0 Å². The van der Waals surface area contributed by atoms with Gasteiger partial charge in [-0.15, -0.1) is 0 Å². The molecule has 1 N–H and O–H groups in total. The minimum atomic E-state index is -3.47. The zero-order valence-electron chi connectivity index (χ0n) is 16.6. The second-order valence-corrected chi connectivity index (χ2v) is 10.4. The average Bonchev–Trinajstić information content (AvgIpc) is 3.60. The Labute approximate surface area is 168 Å². The highest BCUT2D eigenvalue weighted by Gasteiger charge is 2.42. The molecular formula is C21H31N3O3S. The number of benzene rings is 1. The third-order valence-corrected chi connectivity index (χ3v) is 8.34. The van der Waals surface area contributed by atoms with Crippen molar-refractivity contribution >= 4 is 21.6 Å². The molecule has 1 aliphatic heterocycles. The van der Waals surface area contributed by atoms with Crippen LogP contribution in [0.15, 0.2) is 29.2 Å². The monoisotopic (exact) mass is 405 g/mol. The zero-order chi connectivity index (χ0) is 19.7. The van der Waals surface area contributed by atoms with Gasteiger partial charge in [-0.25, -0.2) is 8.42 Å². The third kappa shape index (κ3) is 4.58. The molecule has 0 unspecified atom stereocenters. The largest absolute Gasteiger partial charge is 0.326 e. The molecule has 1 saturated heterocycles. The Balaban J connectivity index is 1.34. The van der Waals surface area contributed by atoms with Gasteiger partial charge in [0.25, 0.3) is 0 Å². The van der Waals surface area contributed by atoms with Crippen molar-refractivity contribution in [2.45, 2.75) is 43.9 Å². The quantitative estimate of drug-likeness (QED) is 0.722. The highest BCUT2D eigenvalue weighted by atomic mass is 32.2. The summed E-state index contributed by atoms with van der Waals surface area (Å²) < 4.78 is 27.2. The molecule has 1 aromatic rings. The number of nitrogens with one attached hydrogen (secondary N) is 1. The smallest absolute Gasteiger partial charge is 0.243 e. The van der Waals surface area contributed by atoms with Crippen molar-refractivity contribution in [1.29, 1.82) is 0 Å². The number of carbonyl (C=O) groups is 1. The fourth-order valence-corrected chi connectivity index (χ4v) is 5.76. The lowest BCUT2D eigenvalue weighted by Gasteiger charge is -2.33. The van der Waals surface area contributed by atoms with Crippen LogP contribution in [-0.4, -0.2) is 56.3 Å². The molecule has 4 rings (SSSR count). The maximum absolute atomic E-state index is 12.8. The molecule has 2 aliphatic carbocycles. The number of sulfonamides is 1. The zero-order valence-corrected chi connectivity index (χ0v) is 17.5. The Hall–Kier alpha value is -1.44. The molecule has 1 amide bonds. The Morgan fingerprint density at radius 3 is 2.11 bits per heavy atom. The second kappa shape index (κ2) is 8.13. The van der Waals surface area contributed by atoms with E-state index in [1.54, 1.807) is 28.6 Å². The molecule has 2 saturated carbocycles. The number of amides is 1. The van der Waals surface area contributed by atoms with Gasteiger partial charge < -0.3 is 10.2 Å². The van der Waals surface area contributed by atoms with Gasteiger partial charge in [0.05, 0.1) is 4.90 Å². The normalized spacial score (nSPS) is 21.8. The lowest BCUT2D eigenvalue weighted by Crippen LogP contribution is -2.48. The van der Waals surface area contributed by atoms with Crippen LogP contribution in [-0.2, 0) is 14.8 Å². The summed E-state index contributed by atoms with van der Waals surface area (Å²) in [6.45, 7) is 5.64. The highest BCUT2D eigenvalue weighted by Crippen LogP contribution is 2.50. The first-order valence-corrected chi connectivity index (χ1v) is 12.0. The highest BCUT2D eigenvalue weighted by molar-refractivity contribution is 7.89. The molecule has 154 valence electrons. The summed E-state index contributed by atoms with van der Waals surface area (Å²) in [5.41, 5.74) is 0.671. The first kappa shape index (κ1) is 19.9. The molecule has 0 atom stereocenters. The summed E-state index contributed by atoms with van der Waals surface area (Å²) in [5, 5.41) is 2.96. The summed E-state index contributed by atoms with van der Waals surface area (Å²) in [6.07, 6.45) is 5.68. The summed E-state index contributed by atoms with van der Waals surface area (Å²) in [6, 6.07) is 6.62. The third-order valence-electron chi connectivity index (χ3n) is 6.43. The van der Waals surface area contributed by atoms with Crippen molar-refractivity contribution in [1.82, 2.24) is 9.21 Å². The predicted molar refractivity (Wildman–Crippen MR) is 109 cm³/mol. The van der Waals surface area contributed by atoms with Crippen molar-refractivity contribution in [3.05, 3.63) is 24.3 Å². The maximum Gasteiger partial charge on any atom is 0.243 e. The van der Waals surface area contributed by atoms with E-state index in [1.807, 2.05) is 0 Å². The van der Waals surface area contributed by atoms with E-state index < -0.39 is 10.0 Å². The van der Waals surface area contributed by atoms with E-state index in [4.69, 9.17) is 0 Å². The summed E-state index contributed by atoms with van der Waals surface area (Å²) in [4.78, 5) is 15.0. The molecule has 28 heavy (non-hydrogen) atoms. The first-order chi connectivity index (χ1) is 13.5. The topological polar surface area (TPSA) is 69.7 Å². The molecular weight excluding hydrogens is 374 g/mol. The first-order valence-electron chi connectivity index (χ1n) is 10.6. The van der Waals surface area contributed by atoms with E-state index in [0.717, 1.165) is 31.5 Å². The van der Waals surface area contributed by atoms with Gasteiger partial charge in [0.2, 0.25) is 15.9 Å². The van der Waals surface area contributed by atoms with Crippen LogP contribution < -0.4 is 5.32 Å². The van der Waals surface area contributed by atoms with Gasteiger partial charge in [-0.3, -0.25) is 4.79 Å². The van der Waals surface area contributed by atoms with E-state index in [9.17, 15) is 13.2 Å². The number of rotatable bonds is 8. The van der Waals surface area contributed by atoms with E-state index >= 15 is 0 Å². The fourth-order valence-electron chi connectivity index (χ4n) is 4.34. The van der Waals surface area contributed by atoms with E-state index in [-0.39, 0.29) is 5.91 Å². The van der Waals surface area contributed by atoms with E-state index in [0.29, 0.717) is 36.0 Å². The lowest BCUT2D eigenvalue weighted by atomic mass is 9.94. The molecule has 7 heteroatoms. The fraction of sp³-hybridized carbons (Fsp3) is 0.667. The van der Waals surface area contributed by atoms with Gasteiger partial charge >= 0.3 is 0 Å². The van der Waals surface area contributed by atoms with Gasteiger partial charge in [-0.1, -0.05) is 6.92 Å². The van der Waals surface area contributed by atoms with E-state index in [2.05, 4.69) is 17.1 Å². The Kier molecular flexibility index (Phi) is 5.76. The standard InChI is InChI=1S/C21H31N3O3S/c1-2-23-11-13-24(14-12-23)28(26,27)19-9-7-18(8-10-19)22-21(25)15-20(16-3-4-16)17-5-6-17/h7-10,16-17,20H,2-6,11-15H2,1H3,(H,22,25). The molecule has 0 radical (unpaired) electrons. The minimum Gasteiger partial charge on any atom is -0.326 e. The van der Waals surface area contributed by atoms with Crippen LogP contribution in [0.25, 0.3) is 0 Å². The van der Waals surface area contributed by atoms with Crippen LogP contribution in [0.5, 0.6) is 0 Å². The molecule has 0 spiro atoms. The molecule has 3 fully saturated rings. The van der Waals surface area contributed by atoms with Gasteiger partial charge in [0.15, 0.2) is 0 Å². The number of hydrogen-bond acceptors (Lipinski definition) is 4. The lowest BCUT2D eigenvalue weighted by molar-refractivity contribution is -0.117. The predicted octanol–water partition coefficient (Wildman–Crippen LogP) is 2.78. The molecule has 0 aromatic heterocycles. The van der Waals surface area contributed by atoms with Crippen molar-refractivity contribution < 1.29 is 13.2 Å². The maximum atomic E-state index is 12.8. The number of anilines is 1. The van der Waals surface area contributed by atoms with Gasteiger partial charge in [-0.05, 0) is 74.2 Å². The van der Waals surface area contributed by atoms with Crippen LogP contribution in [0, 0.1) is 17.8 Å². The Morgan fingerprint density at radius 1 is 1.04 bits per heavy atom. The van der Waals surface area contributed by atoms with Crippen molar-refractivity contribution in [3.63, 3.8) is 0 Å². The van der Waals surface area contributed by atoms with E-state index in [1.165, 1.54) is 25.7 Å². The van der Waals surface area contributed by atoms with Crippen LogP contribution in [0.4, 0.5) is 5.69 Å². The Morgan fingerprint density at radius 2 is 1.61 bits per heavy atom. The Bertz CT molecular complexity index is 781. The van der Waals surface area contributed by atoms with Crippen molar-refractivity contribution in [3.8, 4) is 0 Å². The number of likely N-dealkylation sites (N-methyl/N-ethyl adjacent to an activating group) is 1.